The smallest absolute Gasteiger partial charge is 0.416 e. The molecule has 0 aliphatic carbocycles. The van der Waals surface area contributed by atoms with Crippen molar-refractivity contribution in [3.05, 3.63) is 10.6 Å². The molecule has 0 aliphatic heterocycles. The van der Waals surface area contributed by atoms with Crippen LogP contribution in [-0.4, -0.2) is 48.0 Å². The second-order valence-electron chi connectivity index (χ2n) is 6.52. The first kappa shape index (κ1) is 20.4. The Morgan fingerprint density at radius 3 is 2.50 bits per heavy atom. The molecule has 1 N–H and O–H groups in total. The molecule has 1 rings (SSSR count). The lowest BCUT2D eigenvalue weighted by Crippen LogP contribution is -2.34. The number of esters is 1. The van der Waals surface area contributed by atoms with Gasteiger partial charge in [0.15, 0.2) is 10.8 Å². The number of amides is 1. The Kier molecular flexibility index (Phi) is 7.16. The average Bonchev–Trinajstić information content (AvgIpc) is 2.88. The van der Waals surface area contributed by atoms with Gasteiger partial charge >= 0.3 is 12.1 Å². The lowest BCUT2D eigenvalue weighted by atomic mass is 10.1. The number of carbonyl (C=O) groups is 2. The minimum atomic E-state index is -0.624. The van der Waals surface area contributed by atoms with E-state index in [1.54, 1.807) is 34.7 Å². The summed E-state index contributed by atoms with van der Waals surface area (Å²) in [6, 6.07) is 0. The number of aromatic nitrogens is 1. The van der Waals surface area contributed by atoms with Crippen molar-refractivity contribution < 1.29 is 24.2 Å². The molecule has 1 atom stereocenters. The summed E-state index contributed by atoms with van der Waals surface area (Å²) >= 11 is 1.22. The highest BCUT2D eigenvalue weighted by Gasteiger charge is 2.26. The van der Waals surface area contributed by atoms with Crippen molar-refractivity contribution in [1.82, 2.24) is 4.98 Å². The zero-order valence-corrected chi connectivity index (χ0v) is 15.9. The number of rotatable bonds is 6. The van der Waals surface area contributed by atoms with Gasteiger partial charge in [-0.3, -0.25) is 4.90 Å². The van der Waals surface area contributed by atoms with Crippen molar-refractivity contribution in [1.29, 1.82) is 0 Å². The first-order valence-corrected chi connectivity index (χ1v) is 8.65. The summed E-state index contributed by atoms with van der Waals surface area (Å²) in [5.41, 5.74) is -0.437. The van der Waals surface area contributed by atoms with E-state index in [2.05, 4.69) is 4.98 Å². The summed E-state index contributed by atoms with van der Waals surface area (Å²) < 4.78 is 10.3. The quantitative estimate of drug-likeness (QED) is 0.787. The summed E-state index contributed by atoms with van der Waals surface area (Å²) in [7, 11) is 1.54. The van der Waals surface area contributed by atoms with Gasteiger partial charge in [-0.25, -0.2) is 14.6 Å². The van der Waals surface area contributed by atoms with Crippen LogP contribution in [0.2, 0.25) is 0 Å². The second kappa shape index (κ2) is 8.43. The fourth-order valence-corrected chi connectivity index (χ4v) is 2.93. The van der Waals surface area contributed by atoms with Crippen molar-refractivity contribution in [2.75, 3.05) is 25.2 Å². The van der Waals surface area contributed by atoms with Crippen LogP contribution in [0.15, 0.2) is 0 Å². The Morgan fingerprint density at radius 2 is 2.00 bits per heavy atom. The largest absolute Gasteiger partial charge is 0.461 e. The number of nitrogens with zero attached hydrogens (tertiary/aromatic N) is 2. The molecule has 24 heavy (non-hydrogen) atoms. The van der Waals surface area contributed by atoms with Gasteiger partial charge in [0.2, 0.25) is 0 Å². The van der Waals surface area contributed by atoms with E-state index in [-0.39, 0.29) is 24.8 Å². The maximum atomic E-state index is 12.2. The number of aliphatic hydroxyl groups excluding tert-OH is 1. The molecule has 136 valence electrons. The van der Waals surface area contributed by atoms with Crippen LogP contribution in [0.5, 0.6) is 0 Å². The molecule has 0 spiro atoms. The van der Waals surface area contributed by atoms with Crippen LogP contribution in [0.4, 0.5) is 9.93 Å². The molecular weight excluding hydrogens is 332 g/mol. The van der Waals surface area contributed by atoms with Gasteiger partial charge in [0.1, 0.15) is 5.60 Å². The van der Waals surface area contributed by atoms with E-state index in [0.29, 0.717) is 16.4 Å². The average molecular weight is 358 g/mol. The summed E-state index contributed by atoms with van der Waals surface area (Å²) in [6.07, 6.45) is -0.0711. The fourth-order valence-electron chi connectivity index (χ4n) is 1.77. The zero-order chi connectivity index (χ0) is 18.5. The van der Waals surface area contributed by atoms with Crippen LogP contribution < -0.4 is 4.90 Å². The zero-order valence-electron chi connectivity index (χ0n) is 15.1. The number of hydrogen-bond acceptors (Lipinski definition) is 7. The van der Waals surface area contributed by atoms with Crippen molar-refractivity contribution >= 4 is 28.5 Å². The SMILES string of the molecule is CCOC(=O)c1nc(N(C)C(=O)OC(C)(C)C)sc1CC(C)CO. The van der Waals surface area contributed by atoms with Crippen molar-refractivity contribution in [3.63, 3.8) is 0 Å². The van der Waals surface area contributed by atoms with Crippen LogP contribution in [0.25, 0.3) is 0 Å². The minimum absolute atomic E-state index is 0.00258. The summed E-state index contributed by atoms with van der Waals surface area (Å²) in [4.78, 5) is 30.5. The summed E-state index contributed by atoms with van der Waals surface area (Å²) in [5.74, 6) is -0.559. The molecule has 0 aromatic carbocycles. The predicted molar refractivity (Wildman–Crippen MR) is 92.7 cm³/mol. The molecule has 8 heteroatoms. The van der Waals surface area contributed by atoms with Gasteiger partial charge in [0, 0.05) is 18.5 Å². The van der Waals surface area contributed by atoms with Gasteiger partial charge in [-0.05, 0) is 40.0 Å². The van der Waals surface area contributed by atoms with Crippen molar-refractivity contribution in [3.8, 4) is 0 Å². The monoisotopic (exact) mass is 358 g/mol. The number of carbonyl (C=O) groups excluding carboxylic acids is 2. The van der Waals surface area contributed by atoms with Gasteiger partial charge < -0.3 is 14.6 Å². The van der Waals surface area contributed by atoms with E-state index in [0.717, 1.165) is 0 Å². The Hall–Kier alpha value is -1.67. The van der Waals surface area contributed by atoms with Gasteiger partial charge in [-0.2, -0.15) is 0 Å². The molecule has 1 amide bonds. The number of anilines is 1. The predicted octanol–water partition coefficient (Wildman–Crippen LogP) is 2.86. The molecule has 1 unspecified atom stereocenters. The highest BCUT2D eigenvalue weighted by Crippen LogP contribution is 2.29. The fraction of sp³-hybridized carbons (Fsp3) is 0.688. The molecule has 1 heterocycles. The normalized spacial score (nSPS) is 12.6. The van der Waals surface area contributed by atoms with Crippen LogP contribution in [-0.2, 0) is 15.9 Å². The number of thiazole rings is 1. The third kappa shape index (κ3) is 5.76. The highest BCUT2D eigenvalue weighted by atomic mass is 32.1. The first-order valence-electron chi connectivity index (χ1n) is 7.83. The third-order valence-electron chi connectivity index (χ3n) is 2.95. The van der Waals surface area contributed by atoms with E-state index in [9.17, 15) is 14.7 Å². The Labute approximate surface area is 146 Å². The molecule has 0 bridgehead atoms. The molecule has 1 aromatic rings. The third-order valence-corrected chi connectivity index (χ3v) is 4.11. The van der Waals surface area contributed by atoms with Crippen LogP contribution in [0, 0.1) is 5.92 Å². The van der Waals surface area contributed by atoms with E-state index in [1.807, 2.05) is 6.92 Å². The van der Waals surface area contributed by atoms with Crippen LogP contribution in [0.3, 0.4) is 0 Å². The summed E-state index contributed by atoms with van der Waals surface area (Å²) in [6.45, 7) is 9.15. The maximum absolute atomic E-state index is 12.2. The topological polar surface area (TPSA) is 89.0 Å². The van der Waals surface area contributed by atoms with Crippen LogP contribution >= 0.6 is 11.3 Å². The molecule has 1 aromatic heterocycles. The minimum Gasteiger partial charge on any atom is -0.461 e. The van der Waals surface area contributed by atoms with Gasteiger partial charge in [0.25, 0.3) is 0 Å². The van der Waals surface area contributed by atoms with Gasteiger partial charge in [-0.1, -0.05) is 6.92 Å². The van der Waals surface area contributed by atoms with E-state index < -0.39 is 17.7 Å². The molecular formula is C16H26N2O5S. The number of aliphatic hydroxyl groups is 1. The highest BCUT2D eigenvalue weighted by molar-refractivity contribution is 7.16. The van der Waals surface area contributed by atoms with Gasteiger partial charge in [-0.15, -0.1) is 11.3 Å². The molecule has 0 radical (unpaired) electrons. The molecule has 0 saturated heterocycles. The molecule has 0 fully saturated rings. The Bertz CT molecular complexity index is 580. The second-order valence-corrected chi connectivity index (χ2v) is 7.58. The number of ether oxygens (including phenoxy) is 2. The Balaban J connectivity index is 3.09. The lowest BCUT2D eigenvalue weighted by Gasteiger charge is -2.23. The van der Waals surface area contributed by atoms with E-state index in [4.69, 9.17) is 9.47 Å². The maximum Gasteiger partial charge on any atom is 0.416 e. The standard InChI is InChI=1S/C16H26N2O5S/c1-7-22-13(20)12-11(8-10(2)9-19)24-14(17-12)18(6)15(21)23-16(3,4)5/h10,19H,7-9H2,1-6H3. The molecule has 0 aliphatic rings. The first-order chi connectivity index (χ1) is 11.1. The van der Waals surface area contributed by atoms with Gasteiger partial charge in [0.05, 0.1) is 6.61 Å². The molecule has 7 nitrogen and oxygen atoms in total. The van der Waals surface area contributed by atoms with E-state index >= 15 is 0 Å². The lowest BCUT2D eigenvalue weighted by molar-refractivity contribution is 0.0515. The number of hydrogen-bond donors (Lipinski definition) is 1. The Morgan fingerprint density at radius 1 is 1.38 bits per heavy atom. The van der Waals surface area contributed by atoms with Crippen molar-refractivity contribution in [2.24, 2.45) is 5.92 Å². The summed E-state index contributed by atoms with van der Waals surface area (Å²) in [5, 5.41) is 9.60. The van der Waals surface area contributed by atoms with Crippen molar-refractivity contribution in [2.45, 2.75) is 46.6 Å². The molecule has 0 saturated carbocycles. The van der Waals surface area contributed by atoms with Crippen LogP contribution in [0.1, 0.15) is 50.0 Å². The van der Waals surface area contributed by atoms with E-state index in [1.165, 1.54) is 16.2 Å².